The van der Waals surface area contributed by atoms with Crippen molar-refractivity contribution in [3.8, 4) is 0 Å². The van der Waals surface area contributed by atoms with Gasteiger partial charge in [-0.1, -0.05) is 29.8 Å². The van der Waals surface area contributed by atoms with Crippen LogP contribution >= 0.6 is 15.9 Å². The van der Waals surface area contributed by atoms with E-state index in [1.54, 1.807) is 13.8 Å². The lowest BCUT2D eigenvalue weighted by Gasteiger charge is -2.19. The molecule has 110 valence electrons. The molecular formula is C14H19BrN2O3. The second kappa shape index (κ2) is 6.74. The number of urea groups is 1. The zero-order valence-corrected chi connectivity index (χ0v) is 13.5. The number of nitrogens with one attached hydrogen (secondary N) is 2. The van der Waals surface area contributed by atoms with E-state index in [1.807, 2.05) is 26.0 Å². The highest BCUT2D eigenvalue weighted by Gasteiger charge is 2.23. The van der Waals surface area contributed by atoms with Gasteiger partial charge in [-0.2, -0.15) is 0 Å². The van der Waals surface area contributed by atoms with Crippen molar-refractivity contribution in [1.82, 2.24) is 5.32 Å². The van der Waals surface area contributed by atoms with Gasteiger partial charge in [-0.05, 0) is 43.0 Å². The van der Waals surface area contributed by atoms with Crippen LogP contribution in [0.15, 0.2) is 16.6 Å². The molecule has 0 fully saturated rings. The predicted molar refractivity (Wildman–Crippen MR) is 82.0 cm³/mol. The van der Waals surface area contributed by atoms with Crippen molar-refractivity contribution in [3.63, 3.8) is 0 Å². The molecule has 2 amide bonds. The van der Waals surface area contributed by atoms with E-state index >= 15 is 0 Å². The van der Waals surface area contributed by atoms with Crippen LogP contribution in [-0.2, 0) is 4.79 Å². The van der Waals surface area contributed by atoms with Crippen LogP contribution in [-0.4, -0.2) is 23.1 Å². The summed E-state index contributed by atoms with van der Waals surface area (Å²) < 4.78 is 0.934. The average Bonchev–Trinajstić information content (AvgIpc) is 2.29. The predicted octanol–water partition coefficient (Wildman–Crippen LogP) is 3.30. The second-order valence-corrected chi connectivity index (χ2v) is 5.99. The quantitative estimate of drug-likeness (QED) is 0.785. The number of carboxylic acid groups (broad SMARTS) is 1. The molecule has 1 aromatic carbocycles. The van der Waals surface area contributed by atoms with Crippen LogP contribution in [0.2, 0.25) is 0 Å². The number of hydrogen-bond acceptors (Lipinski definition) is 2. The Kier molecular flexibility index (Phi) is 5.56. The maximum absolute atomic E-state index is 11.9. The van der Waals surface area contributed by atoms with E-state index in [0.717, 1.165) is 15.6 Å². The van der Waals surface area contributed by atoms with Crippen LogP contribution in [0.1, 0.15) is 25.0 Å². The van der Waals surface area contributed by atoms with E-state index in [4.69, 9.17) is 5.11 Å². The van der Waals surface area contributed by atoms with Gasteiger partial charge in [-0.25, -0.2) is 9.59 Å². The van der Waals surface area contributed by atoms with Gasteiger partial charge >= 0.3 is 12.0 Å². The van der Waals surface area contributed by atoms with Gasteiger partial charge in [0.15, 0.2) is 0 Å². The van der Waals surface area contributed by atoms with Crippen molar-refractivity contribution in [3.05, 3.63) is 27.7 Å². The number of aliphatic carboxylic acids is 1. The number of hydrogen-bond donors (Lipinski definition) is 3. The summed E-state index contributed by atoms with van der Waals surface area (Å²) in [6, 6.07) is 2.35. The molecule has 0 saturated carbocycles. The molecule has 0 aliphatic heterocycles. The largest absolute Gasteiger partial charge is 0.480 e. The fraction of sp³-hybridized carbons (Fsp3) is 0.429. The molecule has 0 saturated heterocycles. The van der Waals surface area contributed by atoms with Gasteiger partial charge in [-0.15, -0.1) is 0 Å². The molecule has 0 heterocycles. The van der Waals surface area contributed by atoms with Gasteiger partial charge in [0.2, 0.25) is 0 Å². The van der Waals surface area contributed by atoms with Gasteiger partial charge in [-0.3, -0.25) is 0 Å². The number of benzene rings is 1. The Bertz CT molecular complexity index is 506. The molecule has 5 nitrogen and oxygen atoms in total. The Balaban J connectivity index is 2.84. The number of carbonyl (C=O) groups is 2. The van der Waals surface area contributed by atoms with Crippen molar-refractivity contribution in [2.75, 3.05) is 5.32 Å². The lowest BCUT2D eigenvalue weighted by molar-refractivity contribution is -0.140. The third-order valence-electron chi connectivity index (χ3n) is 2.96. The Labute approximate surface area is 126 Å². The van der Waals surface area contributed by atoms with Gasteiger partial charge < -0.3 is 15.7 Å². The second-order valence-electron chi connectivity index (χ2n) is 5.07. The SMILES string of the molecule is Cc1cc(Br)cc(C)c1NC(=O)N[C@@H](C(=O)O)C(C)C. The highest BCUT2D eigenvalue weighted by molar-refractivity contribution is 9.10. The molecule has 0 radical (unpaired) electrons. The summed E-state index contributed by atoms with van der Waals surface area (Å²) in [4.78, 5) is 23.0. The molecule has 0 unspecified atom stereocenters. The standard InChI is InChI=1S/C14H19BrN2O3/c1-7(2)11(13(18)19)16-14(20)17-12-8(3)5-10(15)6-9(12)4/h5-7,11H,1-4H3,(H,18,19)(H2,16,17,20)/t11-/m1/s1. The average molecular weight is 343 g/mol. The summed E-state index contributed by atoms with van der Waals surface area (Å²) in [7, 11) is 0. The number of halogens is 1. The molecule has 0 aliphatic carbocycles. The smallest absolute Gasteiger partial charge is 0.326 e. The Morgan fingerprint density at radius 2 is 1.70 bits per heavy atom. The first-order valence-electron chi connectivity index (χ1n) is 6.29. The molecule has 1 atom stereocenters. The molecule has 0 aromatic heterocycles. The van der Waals surface area contributed by atoms with E-state index in [9.17, 15) is 9.59 Å². The summed E-state index contributed by atoms with van der Waals surface area (Å²) in [5.74, 6) is -1.23. The first kappa shape index (κ1) is 16.5. The topological polar surface area (TPSA) is 78.4 Å². The first-order valence-corrected chi connectivity index (χ1v) is 7.08. The lowest BCUT2D eigenvalue weighted by Crippen LogP contribution is -2.46. The molecule has 0 bridgehead atoms. The highest BCUT2D eigenvalue weighted by atomic mass is 79.9. The van der Waals surface area contributed by atoms with E-state index in [2.05, 4.69) is 26.6 Å². The van der Waals surface area contributed by atoms with Gasteiger partial charge in [0, 0.05) is 10.2 Å². The fourth-order valence-corrected chi connectivity index (χ4v) is 2.60. The van der Waals surface area contributed by atoms with Crippen LogP contribution < -0.4 is 10.6 Å². The van der Waals surface area contributed by atoms with Gasteiger partial charge in [0.1, 0.15) is 6.04 Å². The van der Waals surface area contributed by atoms with Crippen molar-refractivity contribution in [2.45, 2.75) is 33.7 Å². The molecular weight excluding hydrogens is 324 g/mol. The summed E-state index contributed by atoms with van der Waals surface area (Å²) in [5.41, 5.74) is 2.51. The number of aryl methyl sites for hydroxylation is 2. The zero-order valence-electron chi connectivity index (χ0n) is 12.0. The van der Waals surface area contributed by atoms with Crippen molar-refractivity contribution in [2.24, 2.45) is 5.92 Å². The highest BCUT2D eigenvalue weighted by Crippen LogP contribution is 2.25. The fourth-order valence-electron chi connectivity index (χ4n) is 1.91. The van der Waals surface area contributed by atoms with Crippen LogP contribution in [0, 0.1) is 19.8 Å². The minimum absolute atomic E-state index is 0.189. The Morgan fingerprint density at radius 1 is 1.20 bits per heavy atom. The monoisotopic (exact) mass is 342 g/mol. The number of anilines is 1. The van der Waals surface area contributed by atoms with Crippen molar-refractivity contribution >= 4 is 33.6 Å². The number of carboxylic acids is 1. The molecule has 1 rings (SSSR count). The number of rotatable bonds is 4. The van der Waals surface area contributed by atoms with E-state index in [1.165, 1.54) is 0 Å². The zero-order chi connectivity index (χ0) is 15.4. The minimum atomic E-state index is -1.04. The first-order chi connectivity index (χ1) is 9.22. The number of carbonyl (C=O) groups excluding carboxylic acids is 1. The summed E-state index contributed by atoms with van der Waals surface area (Å²) in [6.45, 7) is 7.25. The van der Waals surface area contributed by atoms with Crippen LogP contribution in [0.4, 0.5) is 10.5 Å². The summed E-state index contributed by atoms with van der Waals surface area (Å²) in [6.07, 6.45) is 0. The van der Waals surface area contributed by atoms with Crippen LogP contribution in [0.25, 0.3) is 0 Å². The maximum atomic E-state index is 11.9. The normalized spacial score (nSPS) is 12.1. The van der Waals surface area contributed by atoms with Crippen molar-refractivity contribution < 1.29 is 14.7 Å². The third-order valence-corrected chi connectivity index (χ3v) is 3.41. The molecule has 0 spiro atoms. The molecule has 20 heavy (non-hydrogen) atoms. The maximum Gasteiger partial charge on any atom is 0.326 e. The summed E-state index contributed by atoms with van der Waals surface area (Å²) >= 11 is 3.39. The summed E-state index contributed by atoms with van der Waals surface area (Å²) in [5, 5.41) is 14.2. The van der Waals surface area contributed by atoms with E-state index in [0.29, 0.717) is 5.69 Å². The molecule has 1 aromatic rings. The molecule has 6 heteroatoms. The molecule has 3 N–H and O–H groups in total. The van der Waals surface area contributed by atoms with Gasteiger partial charge in [0.25, 0.3) is 0 Å². The Morgan fingerprint density at radius 3 is 2.10 bits per heavy atom. The van der Waals surface area contributed by atoms with Crippen molar-refractivity contribution in [1.29, 1.82) is 0 Å². The lowest BCUT2D eigenvalue weighted by atomic mass is 10.1. The van der Waals surface area contributed by atoms with E-state index < -0.39 is 18.0 Å². The number of amides is 2. The van der Waals surface area contributed by atoms with E-state index in [-0.39, 0.29) is 5.92 Å². The van der Waals surface area contributed by atoms with Crippen LogP contribution in [0.3, 0.4) is 0 Å². The Hall–Kier alpha value is -1.56. The molecule has 0 aliphatic rings. The van der Waals surface area contributed by atoms with Gasteiger partial charge in [0.05, 0.1) is 0 Å². The third kappa shape index (κ3) is 4.23. The minimum Gasteiger partial charge on any atom is -0.480 e. The van der Waals surface area contributed by atoms with Crippen LogP contribution in [0.5, 0.6) is 0 Å².